The molecule has 2 aromatic carbocycles. The summed E-state index contributed by atoms with van der Waals surface area (Å²) in [5.41, 5.74) is 2.71. The van der Waals surface area contributed by atoms with Gasteiger partial charge in [0.2, 0.25) is 0 Å². The van der Waals surface area contributed by atoms with Crippen LogP contribution < -0.4 is 5.32 Å². The van der Waals surface area contributed by atoms with Gasteiger partial charge in [-0.3, -0.25) is 0 Å². The van der Waals surface area contributed by atoms with Crippen molar-refractivity contribution in [2.24, 2.45) is 0 Å². The van der Waals surface area contributed by atoms with Gasteiger partial charge in [-0.1, -0.05) is 45.7 Å². The zero-order chi connectivity index (χ0) is 14.8. The Labute approximate surface area is 147 Å². The summed E-state index contributed by atoms with van der Waals surface area (Å²) >= 11 is 13.3. The number of hydrogen-bond acceptors (Lipinski definition) is 1. The lowest BCUT2D eigenvalue weighted by Crippen LogP contribution is -2.34. The molecule has 1 fully saturated rings. The maximum absolute atomic E-state index is 6.28. The van der Waals surface area contributed by atoms with Crippen molar-refractivity contribution in [1.82, 2.24) is 5.32 Å². The molecule has 2 aromatic rings. The van der Waals surface area contributed by atoms with Gasteiger partial charge in [0.25, 0.3) is 0 Å². The average molecular weight is 430 g/mol. The summed E-state index contributed by atoms with van der Waals surface area (Å²) in [6, 6.07) is 15.0. The average Bonchev–Trinajstić information content (AvgIpc) is 2.51. The molecule has 1 saturated heterocycles. The van der Waals surface area contributed by atoms with E-state index < -0.39 is 0 Å². The topological polar surface area (TPSA) is 12.0 Å². The molecular formula is C17H16Br2ClN. The van der Waals surface area contributed by atoms with Crippen molar-refractivity contribution in [3.05, 3.63) is 67.6 Å². The van der Waals surface area contributed by atoms with E-state index in [0.717, 1.165) is 33.5 Å². The van der Waals surface area contributed by atoms with Gasteiger partial charge in [-0.25, -0.2) is 0 Å². The Kier molecular flexibility index (Phi) is 5.05. The minimum Gasteiger partial charge on any atom is -0.316 e. The van der Waals surface area contributed by atoms with Crippen LogP contribution in [0, 0.1) is 0 Å². The molecule has 1 aliphatic heterocycles. The highest BCUT2D eigenvalue weighted by Gasteiger charge is 2.27. The molecule has 1 nitrogen and oxygen atoms in total. The molecule has 0 bridgehead atoms. The Morgan fingerprint density at radius 2 is 1.67 bits per heavy atom. The van der Waals surface area contributed by atoms with Crippen molar-refractivity contribution in [3.63, 3.8) is 0 Å². The summed E-state index contributed by atoms with van der Waals surface area (Å²) in [5, 5.41) is 4.31. The van der Waals surface area contributed by atoms with Crippen LogP contribution in [-0.2, 0) is 0 Å². The number of nitrogens with one attached hydrogen (secondary N) is 1. The molecule has 0 saturated carbocycles. The quantitative estimate of drug-likeness (QED) is 0.643. The first kappa shape index (κ1) is 15.5. The molecule has 0 spiro atoms. The third kappa shape index (κ3) is 3.53. The normalized spacial score (nSPS) is 22.2. The predicted octanol–water partition coefficient (Wildman–Crippen LogP) is 5.73. The molecule has 1 heterocycles. The fourth-order valence-electron chi connectivity index (χ4n) is 3.06. The van der Waals surface area contributed by atoms with Crippen molar-refractivity contribution >= 4 is 43.5 Å². The Morgan fingerprint density at radius 1 is 0.952 bits per heavy atom. The van der Waals surface area contributed by atoms with Crippen LogP contribution in [0.5, 0.6) is 0 Å². The van der Waals surface area contributed by atoms with Crippen molar-refractivity contribution < 1.29 is 0 Å². The van der Waals surface area contributed by atoms with Gasteiger partial charge >= 0.3 is 0 Å². The van der Waals surface area contributed by atoms with Gasteiger partial charge in [0.05, 0.1) is 5.02 Å². The Bertz CT molecular complexity index is 627. The van der Waals surface area contributed by atoms with E-state index in [-0.39, 0.29) is 0 Å². The van der Waals surface area contributed by atoms with E-state index in [1.165, 1.54) is 11.1 Å². The lowest BCUT2D eigenvalue weighted by atomic mass is 9.77. The maximum Gasteiger partial charge on any atom is 0.0550 e. The number of piperidine rings is 1. The summed E-state index contributed by atoms with van der Waals surface area (Å²) in [4.78, 5) is 0. The lowest BCUT2D eigenvalue weighted by molar-refractivity contribution is 0.404. The summed E-state index contributed by atoms with van der Waals surface area (Å²) < 4.78 is 2.08. The molecule has 0 radical (unpaired) electrons. The second kappa shape index (κ2) is 6.82. The van der Waals surface area contributed by atoms with Crippen LogP contribution in [0.25, 0.3) is 0 Å². The van der Waals surface area contributed by atoms with Gasteiger partial charge in [-0.05, 0) is 70.2 Å². The van der Waals surface area contributed by atoms with Crippen LogP contribution in [-0.4, -0.2) is 13.1 Å². The Hall–Kier alpha value is -0.350. The maximum atomic E-state index is 6.28. The van der Waals surface area contributed by atoms with E-state index >= 15 is 0 Å². The van der Waals surface area contributed by atoms with Crippen LogP contribution in [0.2, 0.25) is 5.02 Å². The number of hydrogen-bond donors (Lipinski definition) is 1. The number of benzene rings is 2. The van der Waals surface area contributed by atoms with Gasteiger partial charge in [0.1, 0.15) is 0 Å². The predicted molar refractivity (Wildman–Crippen MR) is 96.3 cm³/mol. The zero-order valence-electron chi connectivity index (χ0n) is 11.5. The van der Waals surface area contributed by atoms with E-state index in [1.807, 2.05) is 0 Å². The molecular weight excluding hydrogens is 413 g/mol. The number of rotatable bonds is 2. The summed E-state index contributed by atoms with van der Waals surface area (Å²) in [6.45, 7) is 2.07. The smallest absolute Gasteiger partial charge is 0.0550 e. The molecule has 21 heavy (non-hydrogen) atoms. The zero-order valence-corrected chi connectivity index (χ0v) is 15.4. The molecule has 0 aliphatic carbocycles. The molecule has 0 amide bonds. The van der Waals surface area contributed by atoms with E-state index in [1.54, 1.807) is 0 Å². The van der Waals surface area contributed by atoms with Crippen LogP contribution in [0.1, 0.15) is 29.4 Å². The van der Waals surface area contributed by atoms with E-state index in [0.29, 0.717) is 11.8 Å². The van der Waals surface area contributed by atoms with E-state index in [2.05, 4.69) is 79.6 Å². The van der Waals surface area contributed by atoms with Crippen molar-refractivity contribution in [3.8, 4) is 0 Å². The monoisotopic (exact) mass is 427 g/mol. The first-order valence-electron chi connectivity index (χ1n) is 7.06. The third-order valence-corrected chi connectivity index (χ3v) is 5.91. The molecule has 0 aromatic heterocycles. The Morgan fingerprint density at radius 3 is 2.38 bits per heavy atom. The minimum atomic E-state index is 0.490. The van der Waals surface area contributed by atoms with Crippen LogP contribution in [0.15, 0.2) is 51.4 Å². The van der Waals surface area contributed by atoms with Crippen molar-refractivity contribution in [1.29, 1.82) is 0 Å². The standard InChI is InChI=1S/C17H16Br2ClN/c18-13-4-1-11(2-5-13)15-10-21-8-7-14(15)12-3-6-16(19)17(20)9-12/h1-6,9,14-15,21H,7-8,10H2. The van der Waals surface area contributed by atoms with Gasteiger partial charge in [0.15, 0.2) is 0 Å². The summed E-state index contributed by atoms with van der Waals surface area (Å²) in [6.07, 6.45) is 1.14. The molecule has 4 heteroatoms. The highest BCUT2D eigenvalue weighted by molar-refractivity contribution is 9.10. The van der Waals surface area contributed by atoms with E-state index in [4.69, 9.17) is 11.6 Å². The SMILES string of the molecule is Clc1cc(C2CCNCC2c2ccc(Br)cc2)ccc1Br. The number of halogens is 3. The fourth-order valence-corrected chi connectivity index (χ4v) is 3.76. The largest absolute Gasteiger partial charge is 0.316 e. The second-order valence-corrected chi connectivity index (χ2v) is 7.61. The molecule has 2 unspecified atom stereocenters. The molecule has 110 valence electrons. The fraction of sp³-hybridized carbons (Fsp3) is 0.294. The first-order valence-corrected chi connectivity index (χ1v) is 9.02. The van der Waals surface area contributed by atoms with E-state index in [9.17, 15) is 0 Å². The minimum absolute atomic E-state index is 0.490. The first-order chi connectivity index (χ1) is 10.1. The van der Waals surface area contributed by atoms with Crippen molar-refractivity contribution in [2.75, 3.05) is 13.1 Å². The molecule has 1 N–H and O–H groups in total. The molecule has 1 aliphatic rings. The Balaban J connectivity index is 1.94. The van der Waals surface area contributed by atoms with Crippen LogP contribution in [0.4, 0.5) is 0 Å². The lowest BCUT2D eigenvalue weighted by Gasteiger charge is -2.33. The highest BCUT2D eigenvalue weighted by atomic mass is 79.9. The second-order valence-electron chi connectivity index (χ2n) is 5.43. The summed E-state index contributed by atoms with van der Waals surface area (Å²) in [5.74, 6) is 1.00. The molecule has 2 atom stereocenters. The van der Waals surface area contributed by atoms with Crippen molar-refractivity contribution in [2.45, 2.75) is 18.3 Å². The van der Waals surface area contributed by atoms with Crippen LogP contribution in [0.3, 0.4) is 0 Å². The van der Waals surface area contributed by atoms with Gasteiger partial charge in [-0.2, -0.15) is 0 Å². The van der Waals surface area contributed by atoms with Crippen LogP contribution >= 0.6 is 43.5 Å². The van der Waals surface area contributed by atoms with Gasteiger partial charge < -0.3 is 5.32 Å². The third-order valence-electron chi connectivity index (χ3n) is 4.15. The summed E-state index contributed by atoms with van der Waals surface area (Å²) in [7, 11) is 0. The highest BCUT2D eigenvalue weighted by Crippen LogP contribution is 2.39. The van der Waals surface area contributed by atoms with Gasteiger partial charge in [0, 0.05) is 21.4 Å². The molecule has 3 rings (SSSR count). The van der Waals surface area contributed by atoms with Gasteiger partial charge in [-0.15, -0.1) is 0 Å².